The maximum Gasteiger partial charge on any atom is 0.261 e. The van der Waals surface area contributed by atoms with Crippen LogP contribution in [0.15, 0.2) is 47.5 Å². The van der Waals surface area contributed by atoms with Gasteiger partial charge in [-0.05, 0) is 35.2 Å². The summed E-state index contributed by atoms with van der Waals surface area (Å²) in [7, 11) is 0. The van der Waals surface area contributed by atoms with Crippen LogP contribution >= 0.6 is 12.4 Å². The van der Waals surface area contributed by atoms with Gasteiger partial charge in [-0.3, -0.25) is 14.2 Å². The Morgan fingerprint density at radius 3 is 2.89 bits per heavy atom. The maximum absolute atomic E-state index is 12.6. The van der Waals surface area contributed by atoms with Gasteiger partial charge in [-0.15, -0.1) is 12.4 Å². The van der Waals surface area contributed by atoms with Crippen molar-refractivity contribution in [2.75, 3.05) is 0 Å². The highest BCUT2D eigenvalue weighted by Gasteiger charge is 2.11. The third-order valence-corrected chi connectivity index (χ3v) is 5.03. The molecule has 0 unspecified atom stereocenters. The van der Waals surface area contributed by atoms with Crippen LogP contribution in [0.3, 0.4) is 0 Å². The molecule has 7 heteroatoms. The minimum atomic E-state index is -0.109. The van der Waals surface area contributed by atoms with E-state index in [1.807, 2.05) is 25.1 Å². The van der Waals surface area contributed by atoms with Crippen molar-refractivity contribution in [3.63, 3.8) is 0 Å². The van der Waals surface area contributed by atoms with E-state index in [1.54, 1.807) is 6.07 Å². The van der Waals surface area contributed by atoms with Crippen molar-refractivity contribution in [2.24, 2.45) is 0 Å². The highest BCUT2D eigenvalue weighted by atomic mass is 35.5. The number of benzene rings is 2. The van der Waals surface area contributed by atoms with Gasteiger partial charge < -0.3 is 10.6 Å². The van der Waals surface area contributed by atoms with Crippen molar-refractivity contribution < 1.29 is 4.79 Å². The molecule has 0 saturated carbocycles. The first kappa shape index (κ1) is 20.0. The molecule has 6 nitrogen and oxygen atoms in total. The van der Waals surface area contributed by atoms with Gasteiger partial charge in [0.15, 0.2) is 0 Å². The molecule has 3 aromatic rings. The molecule has 0 radical (unpaired) electrons. The fraction of sp³-hybridized carbons (Fsp3) is 0.286. The van der Waals surface area contributed by atoms with Gasteiger partial charge in [0.25, 0.3) is 5.56 Å². The Morgan fingerprint density at radius 2 is 2.04 bits per heavy atom. The Balaban J connectivity index is 0.00000225. The van der Waals surface area contributed by atoms with Crippen molar-refractivity contribution in [3.8, 4) is 0 Å². The minimum absolute atomic E-state index is 0. The number of carbonyl (C=O) groups is 1. The number of amides is 1. The van der Waals surface area contributed by atoms with Gasteiger partial charge in [-0.2, -0.15) is 0 Å². The molecule has 4 rings (SSSR count). The molecule has 1 amide bonds. The van der Waals surface area contributed by atoms with Gasteiger partial charge in [0, 0.05) is 32.6 Å². The average molecular weight is 399 g/mol. The lowest BCUT2D eigenvalue weighted by molar-refractivity contribution is -0.121. The van der Waals surface area contributed by atoms with Crippen LogP contribution in [-0.4, -0.2) is 15.5 Å². The Hall–Kier alpha value is -2.70. The molecule has 0 aliphatic carbocycles. The summed E-state index contributed by atoms with van der Waals surface area (Å²) in [6, 6.07) is 11.9. The van der Waals surface area contributed by atoms with Crippen LogP contribution in [0.25, 0.3) is 10.9 Å². The van der Waals surface area contributed by atoms with Crippen LogP contribution < -0.4 is 16.2 Å². The first-order valence-electron chi connectivity index (χ1n) is 9.15. The molecule has 2 N–H and O–H groups in total. The number of para-hydroxylation sites is 1. The van der Waals surface area contributed by atoms with E-state index in [1.165, 1.54) is 22.0 Å². The zero-order valence-corrected chi connectivity index (χ0v) is 16.5. The van der Waals surface area contributed by atoms with E-state index >= 15 is 0 Å². The third-order valence-electron chi connectivity index (χ3n) is 5.03. The van der Waals surface area contributed by atoms with Crippen LogP contribution in [0.5, 0.6) is 0 Å². The number of halogens is 1. The summed E-state index contributed by atoms with van der Waals surface area (Å²) in [6.45, 7) is 4.54. The normalized spacial score (nSPS) is 12.5. The third kappa shape index (κ3) is 4.08. The lowest BCUT2D eigenvalue weighted by Gasteiger charge is -2.09. The summed E-state index contributed by atoms with van der Waals surface area (Å²) in [5.41, 5.74) is 5.29. The Labute approximate surface area is 169 Å². The fourth-order valence-electron chi connectivity index (χ4n) is 3.47. The van der Waals surface area contributed by atoms with E-state index in [0.29, 0.717) is 24.0 Å². The van der Waals surface area contributed by atoms with Crippen molar-refractivity contribution in [1.29, 1.82) is 0 Å². The molecule has 1 aromatic heterocycles. The van der Waals surface area contributed by atoms with E-state index in [-0.39, 0.29) is 30.3 Å². The molecular formula is C21H23ClN4O2. The summed E-state index contributed by atoms with van der Waals surface area (Å²) in [5.74, 6) is -0.0788. The van der Waals surface area contributed by atoms with Crippen molar-refractivity contribution in [2.45, 2.75) is 39.5 Å². The minimum Gasteiger partial charge on any atom is -0.352 e. The van der Waals surface area contributed by atoms with Crippen LogP contribution in [0.4, 0.5) is 0 Å². The molecule has 0 spiro atoms. The molecule has 0 saturated heterocycles. The standard InChI is InChI=1S/C21H22N4O2.ClH/c1-14-3-2-4-18-20(14)24-13-25(21(18)27)8-7-19(26)23-10-15-5-6-16-11-22-12-17(16)9-15;/h2-6,9,13,22H,7-8,10-12H2,1H3,(H,23,26);1H. The van der Waals surface area contributed by atoms with Crippen molar-refractivity contribution >= 4 is 29.2 Å². The second-order valence-electron chi connectivity index (χ2n) is 6.95. The lowest BCUT2D eigenvalue weighted by Crippen LogP contribution is -2.27. The molecule has 2 aromatic carbocycles. The Morgan fingerprint density at radius 1 is 1.21 bits per heavy atom. The lowest BCUT2D eigenvalue weighted by atomic mass is 10.1. The predicted molar refractivity (Wildman–Crippen MR) is 111 cm³/mol. The zero-order valence-electron chi connectivity index (χ0n) is 15.7. The van der Waals surface area contributed by atoms with E-state index in [4.69, 9.17) is 0 Å². The highest BCUT2D eigenvalue weighted by Crippen LogP contribution is 2.17. The molecule has 0 bridgehead atoms. The maximum atomic E-state index is 12.6. The number of hydrogen-bond acceptors (Lipinski definition) is 4. The number of fused-ring (bicyclic) bond motifs is 2. The van der Waals surface area contributed by atoms with Gasteiger partial charge in [-0.25, -0.2) is 4.98 Å². The van der Waals surface area contributed by atoms with Crippen LogP contribution in [0.1, 0.15) is 28.7 Å². The second kappa shape index (κ2) is 8.54. The number of carbonyl (C=O) groups excluding carboxylic acids is 1. The molecule has 28 heavy (non-hydrogen) atoms. The van der Waals surface area contributed by atoms with Gasteiger partial charge in [0.05, 0.1) is 17.2 Å². The van der Waals surface area contributed by atoms with E-state index in [2.05, 4.69) is 27.8 Å². The Kier molecular flexibility index (Phi) is 6.11. The van der Waals surface area contributed by atoms with Crippen LogP contribution in [-0.2, 0) is 31.0 Å². The average Bonchev–Trinajstić information content (AvgIpc) is 3.14. The molecule has 0 fully saturated rings. The number of nitrogens with one attached hydrogen (secondary N) is 2. The first-order valence-corrected chi connectivity index (χ1v) is 9.15. The summed E-state index contributed by atoms with van der Waals surface area (Å²) in [6.07, 6.45) is 1.77. The molecule has 2 heterocycles. The predicted octanol–water partition coefficient (Wildman–Crippen LogP) is 2.44. The monoisotopic (exact) mass is 398 g/mol. The molecule has 0 atom stereocenters. The Bertz CT molecular complexity index is 1080. The fourth-order valence-corrected chi connectivity index (χ4v) is 3.47. The number of nitrogens with zero attached hydrogens (tertiary/aromatic N) is 2. The van der Waals surface area contributed by atoms with Gasteiger partial charge >= 0.3 is 0 Å². The smallest absolute Gasteiger partial charge is 0.261 e. The summed E-state index contributed by atoms with van der Waals surface area (Å²) in [5, 5.41) is 6.83. The SMILES string of the molecule is Cc1cccc2c(=O)n(CCC(=O)NCc3ccc4c(c3)CNC4)cnc12.Cl. The van der Waals surface area contributed by atoms with Crippen molar-refractivity contribution in [3.05, 3.63) is 75.3 Å². The number of rotatable bonds is 5. The summed E-state index contributed by atoms with van der Waals surface area (Å²) in [4.78, 5) is 29.1. The number of aryl methyl sites for hydroxylation is 2. The zero-order chi connectivity index (χ0) is 18.8. The van der Waals surface area contributed by atoms with Crippen LogP contribution in [0, 0.1) is 6.92 Å². The van der Waals surface area contributed by atoms with Gasteiger partial charge in [-0.1, -0.05) is 30.3 Å². The number of aromatic nitrogens is 2. The van der Waals surface area contributed by atoms with E-state index < -0.39 is 0 Å². The largest absolute Gasteiger partial charge is 0.352 e. The second-order valence-corrected chi connectivity index (χ2v) is 6.95. The first-order chi connectivity index (χ1) is 13.1. The number of hydrogen-bond donors (Lipinski definition) is 2. The van der Waals surface area contributed by atoms with Crippen molar-refractivity contribution in [1.82, 2.24) is 20.2 Å². The molecule has 1 aliphatic rings. The quantitative estimate of drug-likeness (QED) is 0.692. The molecule has 1 aliphatic heterocycles. The van der Waals surface area contributed by atoms with Gasteiger partial charge in [0.2, 0.25) is 5.91 Å². The topological polar surface area (TPSA) is 76.0 Å². The van der Waals surface area contributed by atoms with Crippen LogP contribution in [0.2, 0.25) is 0 Å². The van der Waals surface area contributed by atoms with Gasteiger partial charge in [0.1, 0.15) is 0 Å². The van der Waals surface area contributed by atoms with E-state index in [0.717, 1.165) is 24.2 Å². The highest BCUT2D eigenvalue weighted by molar-refractivity contribution is 5.85. The molecule has 146 valence electrons. The molecular weight excluding hydrogens is 376 g/mol. The van der Waals surface area contributed by atoms with E-state index in [9.17, 15) is 9.59 Å². The summed E-state index contributed by atoms with van der Waals surface area (Å²) >= 11 is 0. The summed E-state index contributed by atoms with van der Waals surface area (Å²) < 4.78 is 1.50.